The van der Waals surface area contributed by atoms with Crippen molar-refractivity contribution in [3.63, 3.8) is 0 Å². The quantitative estimate of drug-likeness (QED) is 0.779. The summed E-state index contributed by atoms with van der Waals surface area (Å²) in [6, 6.07) is 6.65. The van der Waals surface area contributed by atoms with Gasteiger partial charge in [-0.15, -0.1) is 0 Å². The predicted octanol–water partition coefficient (Wildman–Crippen LogP) is 2.93. The van der Waals surface area contributed by atoms with Crippen molar-refractivity contribution in [3.05, 3.63) is 24.3 Å². The molecule has 1 aliphatic carbocycles. The predicted molar refractivity (Wildman–Crippen MR) is 104 cm³/mol. The molecule has 0 spiro atoms. The van der Waals surface area contributed by atoms with Crippen LogP contribution in [0.4, 0.5) is 0 Å². The van der Waals surface area contributed by atoms with E-state index in [0.717, 1.165) is 32.1 Å². The molecule has 0 unspecified atom stereocenters. The molecule has 1 aromatic carbocycles. The fourth-order valence-electron chi connectivity index (χ4n) is 4.01. The van der Waals surface area contributed by atoms with E-state index in [4.69, 9.17) is 4.74 Å². The van der Waals surface area contributed by atoms with Crippen LogP contribution in [0.2, 0.25) is 0 Å². The van der Waals surface area contributed by atoms with E-state index >= 15 is 0 Å². The van der Waals surface area contributed by atoms with Crippen LogP contribution in [-0.4, -0.2) is 44.9 Å². The fraction of sp³-hybridized carbons (Fsp3) is 0.650. The molecule has 27 heavy (non-hydrogen) atoms. The number of rotatable bonds is 5. The number of nitrogens with zero attached hydrogens (tertiary/aromatic N) is 1. The lowest BCUT2D eigenvalue weighted by Crippen LogP contribution is -2.47. The average Bonchev–Trinajstić information content (AvgIpc) is 2.96. The third-order valence-electron chi connectivity index (χ3n) is 5.65. The summed E-state index contributed by atoms with van der Waals surface area (Å²) in [5.41, 5.74) is 0. The van der Waals surface area contributed by atoms with Gasteiger partial charge in [0, 0.05) is 19.1 Å². The van der Waals surface area contributed by atoms with Crippen LogP contribution in [0.5, 0.6) is 5.75 Å². The van der Waals surface area contributed by atoms with E-state index < -0.39 is 10.0 Å². The zero-order valence-corrected chi connectivity index (χ0v) is 16.8. The molecule has 1 N–H and O–H groups in total. The highest BCUT2D eigenvalue weighted by atomic mass is 32.2. The first-order valence-electron chi connectivity index (χ1n) is 9.95. The fourth-order valence-corrected chi connectivity index (χ4v) is 5.54. The number of methoxy groups -OCH3 is 1. The summed E-state index contributed by atoms with van der Waals surface area (Å²) in [5, 5.41) is 3.18. The molecule has 1 heterocycles. The number of carbonyl (C=O) groups is 1. The van der Waals surface area contributed by atoms with Crippen LogP contribution in [-0.2, 0) is 14.8 Å². The summed E-state index contributed by atoms with van der Waals surface area (Å²) in [7, 11) is -2.05. The Bertz CT molecular complexity index is 725. The van der Waals surface area contributed by atoms with Gasteiger partial charge in [0.2, 0.25) is 15.9 Å². The number of sulfonamides is 1. The van der Waals surface area contributed by atoms with Crippen molar-refractivity contribution in [2.24, 2.45) is 5.92 Å². The molecule has 2 fully saturated rings. The third-order valence-corrected chi connectivity index (χ3v) is 7.53. The first-order valence-corrected chi connectivity index (χ1v) is 11.4. The van der Waals surface area contributed by atoms with Crippen molar-refractivity contribution >= 4 is 15.9 Å². The normalized spacial score (nSPS) is 22.8. The topological polar surface area (TPSA) is 75.7 Å². The number of ether oxygens (including phenoxy) is 1. The number of carbonyl (C=O) groups excluding carboxylic acids is 1. The molecule has 0 radical (unpaired) electrons. The Morgan fingerprint density at radius 1 is 1.04 bits per heavy atom. The van der Waals surface area contributed by atoms with E-state index in [9.17, 15) is 13.2 Å². The molecule has 7 heteroatoms. The minimum absolute atomic E-state index is 0.0107. The molecule has 1 aliphatic heterocycles. The van der Waals surface area contributed by atoms with Gasteiger partial charge >= 0.3 is 0 Å². The summed E-state index contributed by atoms with van der Waals surface area (Å²) in [6.07, 6.45) is 8.32. The minimum atomic E-state index is -3.59. The highest BCUT2D eigenvalue weighted by molar-refractivity contribution is 7.89. The van der Waals surface area contributed by atoms with E-state index in [2.05, 4.69) is 5.32 Å². The number of nitrogens with one attached hydrogen (secondary N) is 1. The average molecular weight is 395 g/mol. The zero-order valence-electron chi connectivity index (χ0n) is 16.0. The molecule has 1 saturated heterocycles. The molecule has 1 aromatic rings. The molecular formula is C20H30N2O4S. The third kappa shape index (κ3) is 5.02. The van der Waals surface area contributed by atoms with Gasteiger partial charge in [-0.3, -0.25) is 4.79 Å². The molecule has 0 bridgehead atoms. The number of hydrogen-bond donors (Lipinski definition) is 1. The van der Waals surface area contributed by atoms with E-state index in [-0.39, 0.29) is 29.3 Å². The second-order valence-corrected chi connectivity index (χ2v) is 9.51. The summed E-state index contributed by atoms with van der Waals surface area (Å²) in [4.78, 5) is 13.0. The number of hydrogen-bond acceptors (Lipinski definition) is 4. The number of amides is 1. The highest BCUT2D eigenvalue weighted by Gasteiger charge is 2.34. The molecule has 6 nitrogen and oxygen atoms in total. The molecule has 1 amide bonds. The Morgan fingerprint density at radius 3 is 2.33 bits per heavy atom. The van der Waals surface area contributed by atoms with Crippen molar-refractivity contribution in [1.82, 2.24) is 9.62 Å². The molecule has 1 saturated carbocycles. The van der Waals surface area contributed by atoms with Gasteiger partial charge in [-0.05, 0) is 49.9 Å². The van der Waals surface area contributed by atoms with Crippen molar-refractivity contribution < 1.29 is 17.9 Å². The Morgan fingerprint density at radius 2 is 1.70 bits per heavy atom. The monoisotopic (exact) mass is 394 g/mol. The van der Waals surface area contributed by atoms with Crippen LogP contribution in [0.15, 0.2) is 29.2 Å². The maximum atomic E-state index is 12.9. The number of benzene rings is 1. The van der Waals surface area contributed by atoms with Crippen molar-refractivity contribution in [2.75, 3.05) is 20.2 Å². The summed E-state index contributed by atoms with van der Waals surface area (Å²) in [5.74, 6) is 0.361. The van der Waals surface area contributed by atoms with E-state index in [1.54, 1.807) is 31.4 Å². The first-order chi connectivity index (χ1) is 13.0. The van der Waals surface area contributed by atoms with Crippen LogP contribution in [0.25, 0.3) is 0 Å². The summed E-state index contributed by atoms with van der Waals surface area (Å²) >= 11 is 0. The van der Waals surface area contributed by atoms with Crippen LogP contribution >= 0.6 is 0 Å². The van der Waals surface area contributed by atoms with Crippen molar-refractivity contribution in [1.29, 1.82) is 0 Å². The molecule has 150 valence electrons. The molecule has 2 aliphatic rings. The SMILES string of the molecule is COc1ccc(S(=O)(=O)N2CCC[C@@H](C(=O)NC3CCCCCC3)C2)cc1. The Balaban J connectivity index is 1.64. The van der Waals surface area contributed by atoms with Crippen LogP contribution in [0.1, 0.15) is 51.4 Å². The minimum Gasteiger partial charge on any atom is -0.497 e. The number of piperidine rings is 1. The van der Waals surface area contributed by atoms with Crippen LogP contribution < -0.4 is 10.1 Å². The standard InChI is InChI=1S/C20H30N2O4S/c1-26-18-10-12-19(13-11-18)27(24,25)22-14-6-7-16(15-22)20(23)21-17-8-4-2-3-5-9-17/h10-13,16-17H,2-9,14-15H2,1H3,(H,21,23)/t16-/m1/s1. The second-order valence-electron chi connectivity index (χ2n) is 7.57. The lowest BCUT2D eigenvalue weighted by atomic mass is 9.97. The van der Waals surface area contributed by atoms with Crippen LogP contribution in [0, 0.1) is 5.92 Å². The lowest BCUT2D eigenvalue weighted by molar-refractivity contribution is -0.126. The Labute approximate surface area is 162 Å². The van der Waals surface area contributed by atoms with Crippen molar-refractivity contribution in [3.8, 4) is 5.75 Å². The zero-order chi connectivity index (χ0) is 19.3. The first kappa shape index (κ1) is 20.1. The van der Waals surface area contributed by atoms with E-state index in [1.807, 2.05) is 0 Å². The van der Waals surface area contributed by atoms with Crippen molar-refractivity contribution in [2.45, 2.75) is 62.3 Å². The van der Waals surface area contributed by atoms with Gasteiger partial charge < -0.3 is 10.1 Å². The Hall–Kier alpha value is -1.60. The van der Waals surface area contributed by atoms with Crippen LogP contribution in [0.3, 0.4) is 0 Å². The van der Waals surface area contributed by atoms with Gasteiger partial charge in [0.25, 0.3) is 0 Å². The van der Waals surface area contributed by atoms with Gasteiger partial charge in [-0.2, -0.15) is 4.31 Å². The van der Waals surface area contributed by atoms with Gasteiger partial charge in [0.15, 0.2) is 0 Å². The largest absolute Gasteiger partial charge is 0.497 e. The molecular weight excluding hydrogens is 364 g/mol. The van der Waals surface area contributed by atoms with E-state index in [0.29, 0.717) is 18.7 Å². The van der Waals surface area contributed by atoms with Gasteiger partial charge in [0.05, 0.1) is 17.9 Å². The maximum absolute atomic E-state index is 12.9. The molecule has 0 aromatic heterocycles. The molecule has 1 atom stereocenters. The van der Waals surface area contributed by atoms with Gasteiger partial charge in [0.1, 0.15) is 5.75 Å². The smallest absolute Gasteiger partial charge is 0.243 e. The highest BCUT2D eigenvalue weighted by Crippen LogP contribution is 2.26. The maximum Gasteiger partial charge on any atom is 0.243 e. The summed E-state index contributed by atoms with van der Waals surface area (Å²) in [6.45, 7) is 0.717. The van der Waals surface area contributed by atoms with Gasteiger partial charge in [-0.25, -0.2) is 8.42 Å². The van der Waals surface area contributed by atoms with E-state index in [1.165, 1.54) is 17.1 Å². The molecule has 3 rings (SSSR count). The second kappa shape index (κ2) is 9.06. The Kier molecular flexibility index (Phi) is 6.76. The van der Waals surface area contributed by atoms with Gasteiger partial charge in [-0.1, -0.05) is 25.7 Å². The summed E-state index contributed by atoms with van der Waals surface area (Å²) < 4.78 is 32.4. The lowest BCUT2D eigenvalue weighted by Gasteiger charge is -2.32.